The first-order chi connectivity index (χ1) is 8.74. The molecular formula is C13H17F3N2O. The third-order valence-corrected chi connectivity index (χ3v) is 2.81. The van der Waals surface area contributed by atoms with Crippen molar-refractivity contribution in [3.05, 3.63) is 34.9 Å². The molecule has 0 aliphatic rings. The summed E-state index contributed by atoms with van der Waals surface area (Å²) in [5.41, 5.74) is 7.36. The van der Waals surface area contributed by atoms with Crippen LogP contribution in [0.1, 0.15) is 21.5 Å². The molecule has 0 saturated carbocycles. The fourth-order valence-corrected chi connectivity index (χ4v) is 1.68. The highest BCUT2D eigenvalue weighted by atomic mass is 19.4. The summed E-state index contributed by atoms with van der Waals surface area (Å²) >= 11 is 0. The maximum Gasteiger partial charge on any atom is 0.406 e. The summed E-state index contributed by atoms with van der Waals surface area (Å²) in [4.78, 5) is 12.8. The quantitative estimate of drug-likeness (QED) is 0.915. The van der Waals surface area contributed by atoms with Gasteiger partial charge in [-0.2, -0.15) is 13.2 Å². The minimum absolute atomic E-state index is 0.00728. The number of carbonyl (C=O) groups is 1. The third kappa shape index (κ3) is 4.55. The van der Waals surface area contributed by atoms with Gasteiger partial charge in [0.25, 0.3) is 5.91 Å². The molecule has 0 aromatic heterocycles. The van der Waals surface area contributed by atoms with E-state index in [1.165, 1.54) is 6.07 Å². The largest absolute Gasteiger partial charge is 0.406 e. The standard InChI is InChI=1S/C13H17F3N2O/c1-9-3-4-11(7-10(9)2)12(19)18(6-5-17)8-13(14,15)16/h3-4,7H,5-6,8,17H2,1-2H3. The first-order valence-corrected chi connectivity index (χ1v) is 5.88. The van der Waals surface area contributed by atoms with Crippen LogP contribution in [0.25, 0.3) is 0 Å². The highest BCUT2D eigenvalue weighted by molar-refractivity contribution is 5.94. The molecule has 1 rings (SSSR count). The summed E-state index contributed by atoms with van der Waals surface area (Å²) in [6.45, 7) is 2.27. The number of rotatable bonds is 4. The normalized spacial score (nSPS) is 11.5. The lowest BCUT2D eigenvalue weighted by Crippen LogP contribution is -2.41. The van der Waals surface area contributed by atoms with Crippen LogP contribution in [0, 0.1) is 13.8 Å². The SMILES string of the molecule is Cc1ccc(C(=O)N(CCN)CC(F)(F)F)cc1C. The maximum atomic E-state index is 12.4. The van der Waals surface area contributed by atoms with Crippen molar-refractivity contribution in [1.29, 1.82) is 0 Å². The number of benzene rings is 1. The summed E-state index contributed by atoms with van der Waals surface area (Å²) in [7, 11) is 0. The number of alkyl halides is 3. The molecule has 0 aliphatic heterocycles. The van der Waals surface area contributed by atoms with Crippen LogP contribution < -0.4 is 5.73 Å². The van der Waals surface area contributed by atoms with E-state index < -0.39 is 18.6 Å². The Balaban J connectivity index is 2.95. The minimum atomic E-state index is -4.43. The van der Waals surface area contributed by atoms with Crippen molar-refractivity contribution in [2.75, 3.05) is 19.6 Å². The van der Waals surface area contributed by atoms with Crippen LogP contribution in [0.4, 0.5) is 13.2 Å². The van der Waals surface area contributed by atoms with E-state index in [0.29, 0.717) is 0 Å². The molecule has 0 heterocycles. The van der Waals surface area contributed by atoms with Crippen molar-refractivity contribution in [2.45, 2.75) is 20.0 Å². The van der Waals surface area contributed by atoms with Gasteiger partial charge in [-0.05, 0) is 37.1 Å². The summed E-state index contributed by atoms with van der Waals surface area (Å²) in [5.74, 6) is -0.647. The van der Waals surface area contributed by atoms with Crippen molar-refractivity contribution in [3.8, 4) is 0 Å². The van der Waals surface area contributed by atoms with E-state index in [1.54, 1.807) is 12.1 Å². The number of nitrogens with two attached hydrogens (primary N) is 1. The number of aryl methyl sites for hydroxylation is 2. The van der Waals surface area contributed by atoms with Crippen LogP contribution in [-0.2, 0) is 0 Å². The van der Waals surface area contributed by atoms with E-state index in [9.17, 15) is 18.0 Å². The van der Waals surface area contributed by atoms with Gasteiger partial charge in [0.05, 0.1) is 0 Å². The minimum Gasteiger partial charge on any atom is -0.329 e. The number of hydrogen-bond acceptors (Lipinski definition) is 2. The van der Waals surface area contributed by atoms with E-state index in [-0.39, 0.29) is 18.7 Å². The van der Waals surface area contributed by atoms with Gasteiger partial charge in [-0.15, -0.1) is 0 Å². The predicted molar refractivity (Wildman–Crippen MR) is 66.9 cm³/mol. The molecule has 1 amide bonds. The predicted octanol–water partition coefficient (Wildman–Crippen LogP) is 2.27. The Bertz CT molecular complexity index is 458. The fourth-order valence-electron chi connectivity index (χ4n) is 1.68. The lowest BCUT2D eigenvalue weighted by Gasteiger charge is -2.23. The van der Waals surface area contributed by atoms with Crippen molar-refractivity contribution in [1.82, 2.24) is 4.90 Å². The summed E-state index contributed by atoms with van der Waals surface area (Å²) in [5, 5.41) is 0. The van der Waals surface area contributed by atoms with Crippen molar-refractivity contribution in [3.63, 3.8) is 0 Å². The van der Waals surface area contributed by atoms with E-state index in [1.807, 2.05) is 13.8 Å². The lowest BCUT2D eigenvalue weighted by molar-refractivity contribution is -0.140. The number of nitrogens with zero attached hydrogens (tertiary/aromatic N) is 1. The Kier molecular flexibility index (Phi) is 4.94. The Morgan fingerprint density at radius 2 is 1.89 bits per heavy atom. The molecule has 3 nitrogen and oxygen atoms in total. The molecule has 0 bridgehead atoms. The van der Waals surface area contributed by atoms with Crippen LogP contribution in [-0.4, -0.2) is 36.6 Å². The third-order valence-electron chi connectivity index (χ3n) is 2.81. The molecule has 19 heavy (non-hydrogen) atoms. The van der Waals surface area contributed by atoms with Gasteiger partial charge in [0.2, 0.25) is 0 Å². The molecule has 0 atom stereocenters. The van der Waals surface area contributed by atoms with Gasteiger partial charge in [0.1, 0.15) is 6.54 Å². The van der Waals surface area contributed by atoms with E-state index in [0.717, 1.165) is 16.0 Å². The van der Waals surface area contributed by atoms with Crippen molar-refractivity contribution in [2.24, 2.45) is 5.73 Å². The average Bonchev–Trinajstić information content (AvgIpc) is 2.29. The van der Waals surface area contributed by atoms with Gasteiger partial charge in [0.15, 0.2) is 0 Å². The van der Waals surface area contributed by atoms with Crippen molar-refractivity contribution >= 4 is 5.91 Å². The van der Waals surface area contributed by atoms with Crippen LogP contribution in [0.5, 0.6) is 0 Å². The number of halogens is 3. The molecule has 2 N–H and O–H groups in total. The monoisotopic (exact) mass is 274 g/mol. The first kappa shape index (κ1) is 15.5. The van der Waals surface area contributed by atoms with E-state index >= 15 is 0 Å². The Morgan fingerprint density at radius 1 is 1.26 bits per heavy atom. The lowest BCUT2D eigenvalue weighted by atomic mass is 10.1. The van der Waals surface area contributed by atoms with Crippen LogP contribution in [0.2, 0.25) is 0 Å². The van der Waals surface area contributed by atoms with Gasteiger partial charge in [-0.3, -0.25) is 4.79 Å². The van der Waals surface area contributed by atoms with Gasteiger partial charge >= 0.3 is 6.18 Å². The summed E-state index contributed by atoms with van der Waals surface area (Å²) in [6.07, 6.45) is -4.43. The molecule has 0 radical (unpaired) electrons. The Hall–Kier alpha value is -1.56. The summed E-state index contributed by atoms with van der Waals surface area (Å²) in [6, 6.07) is 4.85. The second kappa shape index (κ2) is 6.06. The topological polar surface area (TPSA) is 46.3 Å². The molecule has 0 spiro atoms. The Morgan fingerprint density at radius 3 is 2.37 bits per heavy atom. The zero-order valence-electron chi connectivity index (χ0n) is 10.9. The second-order valence-electron chi connectivity index (χ2n) is 4.43. The molecule has 0 saturated heterocycles. The Labute approximate surface area is 110 Å². The zero-order valence-corrected chi connectivity index (χ0v) is 10.9. The van der Waals surface area contributed by atoms with Gasteiger partial charge in [-0.1, -0.05) is 6.07 Å². The highest BCUT2D eigenvalue weighted by Crippen LogP contribution is 2.19. The molecule has 1 aromatic carbocycles. The molecule has 106 valence electrons. The van der Waals surface area contributed by atoms with Crippen LogP contribution >= 0.6 is 0 Å². The maximum absolute atomic E-state index is 12.4. The second-order valence-corrected chi connectivity index (χ2v) is 4.43. The fraction of sp³-hybridized carbons (Fsp3) is 0.462. The molecule has 0 fully saturated rings. The molecule has 1 aromatic rings. The molecule has 6 heteroatoms. The summed E-state index contributed by atoms with van der Waals surface area (Å²) < 4.78 is 37.2. The smallest absolute Gasteiger partial charge is 0.329 e. The number of hydrogen-bond donors (Lipinski definition) is 1. The van der Waals surface area contributed by atoms with Gasteiger partial charge in [-0.25, -0.2) is 0 Å². The number of carbonyl (C=O) groups excluding carboxylic acids is 1. The molecular weight excluding hydrogens is 257 g/mol. The molecule has 0 unspecified atom stereocenters. The zero-order chi connectivity index (χ0) is 14.6. The van der Waals surface area contributed by atoms with Gasteiger partial charge < -0.3 is 10.6 Å². The van der Waals surface area contributed by atoms with Gasteiger partial charge in [0, 0.05) is 18.7 Å². The van der Waals surface area contributed by atoms with E-state index in [2.05, 4.69) is 0 Å². The number of amides is 1. The van der Waals surface area contributed by atoms with E-state index in [4.69, 9.17) is 5.73 Å². The molecule has 0 aliphatic carbocycles. The first-order valence-electron chi connectivity index (χ1n) is 5.88. The average molecular weight is 274 g/mol. The van der Waals surface area contributed by atoms with Crippen molar-refractivity contribution < 1.29 is 18.0 Å². The van der Waals surface area contributed by atoms with Crippen LogP contribution in [0.15, 0.2) is 18.2 Å². The van der Waals surface area contributed by atoms with Crippen LogP contribution in [0.3, 0.4) is 0 Å². The highest BCUT2D eigenvalue weighted by Gasteiger charge is 2.33.